The first kappa shape index (κ1) is 11.9. The second kappa shape index (κ2) is 5.14. The number of oxazole rings is 1. The van der Waals surface area contributed by atoms with Crippen molar-refractivity contribution in [2.45, 2.75) is 20.4 Å². The van der Waals surface area contributed by atoms with Crippen molar-refractivity contribution in [1.82, 2.24) is 20.1 Å². The average molecular weight is 234 g/mol. The van der Waals surface area contributed by atoms with Crippen LogP contribution in [0.25, 0.3) is 11.5 Å². The molecule has 5 heteroatoms. The van der Waals surface area contributed by atoms with Crippen molar-refractivity contribution in [3.8, 4) is 11.5 Å². The fraction of sp³-hybridized carbons (Fsp3) is 0.500. The zero-order valence-electron chi connectivity index (χ0n) is 10.5. The smallest absolute Gasteiger partial charge is 0.208 e. The Balaban J connectivity index is 1.96. The maximum absolute atomic E-state index is 5.62. The van der Waals surface area contributed by atoms with Crippen molar-refractivity contribution in [2.75, 3.05) is 6.54 Å². The monoisotopic (exact) mass is 234 g/mol. The molecule has 2 rings (SSSR count). The van der Waals surface area contributed by atoms with Crippen LogP contribution >= 0.6 is 0 Å². The summed E-state index contributed by atoms with van der Waals surface area (Å²) in [5.74, 6) is 2.04. The SMILES string of the molecule is CC(C)CNCc1ncc(-c2ccn(C)n2)o1. The van der Waals surface area contributed by atoms with Gasteiger partial charge in [0.05, 0.1) is 12.7 Å². The number of aromatic nitrogens is 3. The third kappa shape index (κ3) is 3.17. The Kier molecular flexibility index (Phi) is 3.58. The number of nitrogens with zero attached hydrogens (tertiary/aromatic N) is 3. The van der Waals surface area contributed by atoms with Gasteiger partial charge in [-0.1, -0.05) is 13.8 Å². The van der Waals surface area contributed by atoms with E-state index in [0.717, 1.165) is 12.2 Å². The van der Waals surface area contributed by atoms with E-state index in [2.05, 4.69) is 29.2 Å². The van der Waals surface area contributed by atoms with Crippen molar-refractivity contribution >= 4 is 0 Å². The van der Waals surface area contributed by atoms with Gasteiger partial charge in [0.25, 0.3) is 0 Å². The lowest BCUT2D eigenvalue weighted by Crippen LogP contribution is -2.18. The van der Waals surface area contributed by atoms with Gasteiger partial charge < -0.3 is 9.73 Å². The quantitative estimate of drug-likeness (QED) is 0.857. The van der Waals surface area contributed by atoms with E-state index in [1.165, 1.54) is 0 Å². The maximum Gasteiger partial charge on any atom is 0.208 e. The minimum Gasteiger partial charge on any atom is -0.438 e. The first-order valence-corrected chi connectivity index (χ1v) is 5.80. The van der Waals surface area contributed by atoms with Gasteiger partial charge >= 0.3 is 0 Å². The van der Waals surface area contributed by atoms with Crippen molar-refractivity contribution < 1.29 is 4.42 Å². The maximum atomic E-state index is 5.62. The summed E-state index contributed by atoms with van der Waals surface area (Å²) in [6.45, 7) is 5.95. The molecule has 92 valence electrons. The van der Waals surface area contributed by atoms with Gasteiger partial charge in [-0.2, -0.15) is 5.10 Å². The molecule has 0 fully saturated rings. The molecule has 2 heterocycles. The fourth-order valence-corrected chi connectivity index (χ4v) is 1.52. The van der Waals surface area contributed by atoms with Crippen LogP contribution in [0.2, 0.25) is 0 Å². The molecule has 17 heavy (non-hydrogen) atoms. The molecule has 0 unspecified atom stereocenters. The van der Waals surface area contributed by atoms with Gasteiger partial charge in [0, 0.05) is 13.2 Å². The van der Waals surface area contributed by atoms with E-state index in [1.807, 2.05) is 19.3 Å². The fourth-order valence-electron chi connectivity index (χ4n) is 1.52. The number of nitrogens with one attached hydrogen (secondary N) is 1. The van der Waals surface area contributed by atoms with Crippen molar-refractivity contribution in [3.63, 3.8) is 0 Å². The van der Waals surface area contributed by atoms with Crippen LogP contribution in [0.15, 0.2) is 22.9 Å². The lowest BCUT2D eigenvalue weighted by molar-refractivity contribution is 0.458. The highest BCUT2D eigenvalue weighted by atomic mass is 16.4. The normalized spacial score (nSPS) is 11.3. The number of aryl methyl sites for hydroxylation is 1. The minimum absolute atomic E-state index is 0.625. The molecular weight excluding hydrogens is 216 g/mol. The van der Waals surface area contributed by atoms with Gasteiger partial charge in [0.1, 0.15) is 5.69 Å². The van der Waals surface area contributed by atoms with Crippen LogP contribution < -0.4 is 5.32 Å². The second-order valence-corrected chi connectivity index (χ2v) is 4.52. The zero-order chi connectivity index (χ0) is 12.3. The van der Waals surface area contributed by atoms with Crippen LogP contribution in [0.4, 0.5) is 0 Å². The van der Waals surface area contributed by atoms with Crippen LogP contribution in [-0.2, 0) is 13.6 Å². The Morgan fingerprint density at radius 1 is 1.47 bits per heavy atom. The summed E-state index contributed by atoms with van der Waals surface area (Å²) >= 11 is 0. The lowest BCUT2D eigenvalue weighted by atomic mass is 10.2. The molecule has 0 amide bonds. The van der Waals surface area contributed by atoms with Gasteiger partial charge in [-0.25, -0.2) is 4.98 Å². The van der Waals surface area contributed by atoms with E-state index in [4.69, 9.17) is 4.42 Å². The van der Waals surface area contributed by atoms with E-state index in [0.29, 0.717) is 24.1 Å². The number of hydrogen-bond donors (Lipinski definition) is 1. The molecule has 2 aromatic rings. The summed E-state index contributed by atoms with van der Waals surface area (Å²) in [6.07, 6.45) is 3.60. The summed E-state index contributed by atoms with van der Waals surface area (Å²) in [5.41, 5.74) is 0.815. The summed E-state index contributed by atoms with van der Waals surface area (Å²) in [4.78, 5) is 4.22. The summed E-state index contributed by atoms with van der Waals surface area (Å²) < 4.78 is 7.36. The van der Waals surface area contributed by atoms with Crippen LogP contribution in [0.5, 0.6) is 0 Å². The predicted molar refractivity (Wildman–Crippen MR) is 65.2 cm³/mol. The van der Waals surface area contributed by atoms with E-state index in [1.54, 1.807) is 10.9 Å². The molecule has 2 aromatic heterocycles. The number of rotatable bonds is 5. The standard InChI is InChI=1S/C12H18N4O/c1-9(2)6-13-8-12-14-7-11(17-12)10-4-5-16(3)15-10/h4-5,7,9,13H,6,8H2,1-3H3. The van der Waals surface area contributed by atoms with E-state index in [-0.39, 0.29) is 0 Å². The number of hydrogen-bond acceptors (Lipinski definition) is 4. The van der Waals surface area contributed by atoms with E-state index in [9.17, 15) is 0 Å². The van der Waals surface area contributed by atoms with Gasteiger partial charge in [0.2, 0.25) is 5.89 Å². The van der Waals surface area contributed by atoms with Crippen molar-refractivity contribution in [3.05, 3.63) is 24.4 Å². The van der Waals surface area contributed by atoms with E-state index < -0.39 is 0 Å². The molecule has 0 aliphatic heterocycles. The topological polar surface area (TPSA) is 55.9 Å². The summed E-state index contributed by atoms with van der Waals surface area (Å²) in [6, 6.07) is 1.91. The van der Waals surface area contributed by atoms with E-state index >= 15 is 0 Å². The van der Waals surface area contributed by atoms with Gasteiger partial charge in [-0.15, -0.1) is 0 Å². The molecule has 5 nitrogen and oxygen atoms in total. The van der Waals surface area contributed by atoms with Crippen molar-refractivity contribution in [1.29, 1.82) is 0 Å². The molecular formula is C12H18N4O. The molecule has 1 N–H and O–H groups in total. The molecule has 0 atom stereocenters. The van der Waals surface area contributed by atoms with Gasteiger partial charge in [-0.3, -0.25) is 4.68 Å². The highest BCUT2D eigenvalue weighted by Crippen LogP contribution is 2.17. The second-order valence-electron chi connectivity index (χ2n) is 4.52. The first-order chi connectivity index (χ1) is 8.15. The molecule has 0 aliphatic carbocycles. The van der Waals surface area contributed by atoms with Gasteiger partial charge in [-0.05, 0) is 18.5 Å². The Hall–Kier alpha value is -1.62. The Labute approximate surface area is 101 Å². The lowest BCUT2D eigenvalue weighted by Gasteiger charge is -2.03. The van der Waals surface area contributed by atoms with Crippen LogP contribution in [0.3, 0.4) is 0 Å². The average Bonchev–Trinajstić information content (AvgIpc) is 2.86. The summed E-state index contributed by atoms with van der Waals surface area (Å²) in [7, 11) is 1.88. The molecule has 0 aromatic carbocycles. The molecule has 0 aliphatic rings. The van der Waals surface area contributed by atoms with Crippen molar-refractivity contribution in [2.24, 2.45) is 13.0 Å². The molecule has 0 saturated carbocycles. The minimum atomic E-state index is 0.625. The third-order valence-corrected chi connectivity index (χ3v) is 2.35. The molecule has 0 spiro atoms. The Morgan fingerprint density at radius 2 is 2.29 bits per heavy atom. The molecule has 0 bridgehead atoms. The summed E-state index contributed by atoms with van der Waals surface area (Å²) in [5, 5.41) is 7.55. The molecule has 0 saturated heterocycles. The highest BCUT2D eigenvalue weighted by Gasteiger charge is 2.08. The Bertz CT molecular complexity index is 472. The Morgan fingerprint density at radius 3 is 2.94 bits per heavy atom. The molecule has 0 radical (unpaired) electrons. The van der Waals surface area contributed by atoms with Crippen LogP contribution in [0, 0.1) is 5.92 Å². The van der Waals surface area contributed by atoms with Crippen LogP contribution in [0.1, 0.15) is 19.7 Å². The largest absolute Gasteiger partial charge is 0.438 e. The first-order valence-electron chi connectivity index (χ1n) is 5.80. The van der Waals surface area contributed by atoms with Crippen LogP contribution in [-0.4, -0.2) is 21.3 Å². The highest BCUT2D eigenvalue weighted by molar-refractivity contribution is 5.49. The predicted octanol–water partition coefficient (Wildman–Crippen LogP) is 1.82. The third-order valence-electron chi connectivity index (χ3n) is 2.35. The zero-order valence-corrected chi connectivity index (χ0v) is 10.5. The van der Waals surface area contributed by atoms with Gasteiger partial charge in [0.15, 0.2) is 5.76 Å².